The van der Waals surface area contributed by atoms with Gasteiger partial charge in [0.2, 0.25) is 5.91 Å². The van der Waals surface area contributed by atoms with Crippen LogP contribution in [0.25, 0.3) is 0 Å². The molecule has 1 amide bonds. The van der Waals surface area contributed by atoms with Gasteiger partial charge in [-0.3, -0.25) is 4.79 Å². The molecule has 3 unspecified atom stereocenters. The van der Waals surface area contributed by atoms with E-state index in [1.807, 2.05) is 11.9 Å². The summed E-state index contributed by atoms with van der Waals surface area (Å²) in [6, 6.07) is 0.251. The van der Waals surface area contributed by atoms with Crippen molar-refractivity contribution in [3.63, 3.8) is 0 Å². The van der Waals surface area contributed by atoms with Crippen molar-refractivity contribution in [1.29, 1.82) is 0 Å². The van der Waals surface area contributed by atoms with Gasteiger partial charge < -0.3 is 15.0 Å². The third-order valence-electron chi connectivity index (χ3n) is 4.27. The van der Waals surface area contributed by atoms with E-state index in [-0.39, 0.29) is 23.5 Å². The lowest BCUT2D eigenvalue weighted by Gasteiger charge is -2.38. The van der Waals surface area contributed by atoms with Gasteiger partial charge in [0, 0.05) is 20.2 Å². The Bertz CT molecular complexity index is 287. The Kier molecular flexibility index (Phi) is 3.73. The number of ether oxygens (including phenoxy) is 1. The van der Waals surface area contributed by atoms with Gasteiger partial charge in [0.15, 0.2) is 0 Å². The Morgan fingerprint density at radius 1 is 1.53 bits per heavy atom. The van der Waals surface area contributed by atoms with E-state index in [1.165, 1.54) is 0 Å². The Hall–Kier alpha value is -0.610. The van der Waals surface area contributed by atoms with E-state index < -0.39 is 0 Å². The van der Waals surface area contributed by atoms with Crippen molar-refractivity contribution in [1.82, 2.24) is 10.2 Å². The molecular weight excluding hydrogens is 216 g/mol. The molecule has 98 valence electrons. The second kappa shape index (κ2) is 4.94. The largest absolute Gasteiger partial charge is 0.376 e. The molecule has 0 aromatic rings. The third-order valence-corrected chi connectivity index (χ3v) is 4.27. The van der Waals surface area contributed by atoms with Crippen LogP contribution in [0.1, 0.15) is 33.1 Å². The number of nitrogens with zero attached hydrogens (tertiary/aromatic N) is 1. The summed E-state index contributed by atoms with van der Waals surface area (Å²) in [6.07, 6.45) is 3.22. The molecule has 0 aliphatic carbocycles. The minimum atomic E-state index is -0.227. The highest BCUT2D eigenvalue weighted by atomic mass is 16.5. The molecule has 4 heteroatoms. The topological polar surface area (TPSA) is 41.6 Å². The standard InChI is InChI=1S/C13H24N2O2/c1-10-11(5-8-17-10)15(3)12(16)13(2)6-4-7-14-9-13/h10-11,14H,4-9H2,1-3H3. The van der Waals surface area contributed by atoms with E-state index in [0.29, 0.717) is 0 Å². The van der Waals surface area contributed by atoms with Gasteiger partial charge >= 0.3 is 0 Å². The second-order valence-corrected chi connectivity index (χ2v) is 5.69. The van der Waals surface area contributed by atoms with E-state index in [4.69, 9.17) is 4.74 Å². The van der Waals surface area contributed by atoms with Gasteiger partial charge in [0.05, 0.1) is 17.6 Å². The lowest BCUT2D eigenvalue weighted by molar-refractivity contribution is -0.144. The van der Waals surface area contributed by atoms with E-state index in [2.05, 4.69) is 19.2 Å². The maximum absolute atomic E-state index is 12.6. The Morgan fingerprint density at radius 3 is 2.82 bits per heavy atom. The average Bonchev–Trinajstić information content (AvgIpc) is 2.74. The number of hydrogen-bond acceptors (Lipinski definition) is 3. The van der Waals surface area contributed by atoms with Crippen LogP contribution in [0, 0.1) is 5.41 Å². The van der Waals surface area contributed by atoms with Crippen LogP contribution in [0.2, 0.25) is 0 Å². The van der Waals surface area contributed by atoms with Crippen molar-refractivity contribution in [2.45, 2.75) is 45.3 Å². The Balaban J connectivity index is 2.03. The molecule has 3 atom stereocenters. The molecule has 0 aromatic carbocycles. The van der Waals surface area contributed by atoms with Crippen molar-refractivity contribution in [2.75, 3.05) is 26.7 Å². The fraction of sp³-hybridized carbons (Fsp3) is 0.923. The summed E-state index contributed by atoms with van der Waals surface area (Å²) in [6.45, 7) is 6.76. The predicted molar refractivity (Wildman–Crippen MR) is 66.8 cm³/mol. The minimum Gasteiger partial charge on any atom is -0.376 e. The quantitative estimate of drug-likeness (QED) is 0.783. The van der Waals surface area contributed by atoms with E-state index >= 15 is 0 Å². The number of rotatable bonds is 2. The van der Waals surface area contributed by atoms with Gasteiger partial charge in [-0.15, -0.1) is 0 Å². The van der Waals surface area contributed by atoms with Crippen molar-refractivity contribution in [3.8, 4) is 0 Å². The number of nitrogens with one attached hydrogen (secondary N) is 1. The van der Waals surface area contributed by atoms with Gasteiger partial charge in [-0.1, -0.05) is 0 Å². The zero-order chi connectivity index (χ0) is 12.5. The van der Waals surface area contributed by atoms with Crippen LogP contribution in [-0.2, 0) is 9.53 Å². The zero-order valence-corrected chi connectivity index (χ0v) is 11.2. The van der Waals surface area contributed by atoms with Crippen LogP contribution in [0.4, 0.5) is 0 Å². The molecule has 1 N–H and O–H groups in total. The first-order valence-electron chi connectivity index (χ1n) is 6.64. The molecule has 0 bridgehead atoms. The van der Waals surface area contributed by atoms with Crippen molar-refractivity contribution < 1.29 is 9.53 Å². The normalized spacial score (nSPS) is 38.1. The van der Waals surface area contributed by atoms with Crippen LogP contribution < -0.4 is 5.32 Å². The molecule has 0 spiro atoms. The number of likely N-dealkylation sites (N-methyl/N-ethyl adjacent to an activating group) is 1. The summed E-state index contributed by atoms with van der Waals surface area (Å²) in [5.41, 5.74) is -0.227. The summed E-state index contributed by atoms with van der Waals surface area (Å²) in [5.74, 6) is 0.270. The molecule has 0 radical (unpaired) electrons. The van der Waals surface area contributed by atoms with Crippen molar-refractivity contribution in [3.05, 3.63) is 0 Å². The molecule has 0 aromatic heterocycles. The van der Waals surface area contributed by atoms with Crippen molar-refractivity contribution in [2.24, 2.45) is 5.41 Å². The van der Waals surface area contributed by atoms with Gasteiger partial charge in [-0.25, -0.2) is 0 Å². The number of amides is 1. The molecule has 17 heavy (non-hydrogen) atoms. The minimum absolute atomic E-state index is 0.170. The first-order chi connectivity index (χ1) is 8.04. The van der Waals surface area contributed by atoms with Crippen LogP contribution in [0.5, 0.6) is 0 Å². The van der Waals surface area contributed by atoms with Gasteiger partial charge in [-0.05, 0) is 39.7 Å². The second-order valence-electron chi connectivity index (χ2n) is 5.69. The average molecular weight is 240 g/mol. The van der Waals surface area contributed by atoms with E-state index in [1.54, 1.807) is 0 Å². The first kappa shape index (κ1) is 12.8. The molecule has 0 saturated carbocycles. The van der Waals surface area contributed by atoms with Crippen molar-refractivity contribution >= 4 is 5.91 Å². The lowest BCUT2D eigenvalue weighted by Crippen LogP contribution is -2.53. The summed E-state index contributed by atoms with van der Waals surface area (Å²) in [5, 5.41) is 3.33. The van der Waals surface area contributed by atoms with E-state index in [0.717, 1.165) is 39.0 Å². The van der Waals surface area contributed by atoms with Gasteiger partial charge in [0.25, 0.3) is 0 Å². The number of piperidine rings is 1. The van der Waals surface area contributed by atoms with Gasteiger partial charge in [0.1, 0.15) is 0 Å². The third kappa shape index (κ3) is 2.47. The summed E-state index contributed by atoms with van der Waals surface area (Å²) in [7, 11) is 1.93. The Labute approximate surface area is 104 Å². The molecule has 2 aliphatic rings. The maximum atomic E-state index is 12.6. The molecule has 2 fully saturated rings. The number of carbonyl (C=O) groups is 1. The zero-order valence-electron chi connectivity index (χ0n) is 11.2. The van der Waals surface area contributed by atoms with Gasteiger partial charge in [-0.2, -0.15) is 0 Å². The highest BCUT2D eigenvalue weighted by Gasteiger charge is 2.40. The predicted octanol–water partition coefficient (Wildman–Crippen LogP) is 1.01. The number of hydrogen-bond donors (Lipinski definition) is 1. The molecule has 2 rings (SSSR count). The maximum Gasteiger partial charge on any atom is 0.229 e. The van der Waals surface area contributed by atoms with Crippen LogP contribution in [-0.4, -0.2) is 49.7 Å². The first-order valence-corrected chi connectivity index (χ1v) is 6.64. The number of carbonyl (C=O) groups excluding carboxylic acids is 1. The smallest absolute Gasteiger partial charge is 0.229 e. The lowest BCUT2D eigenvalue weighted by atomic mass is 9.81. The summed E-state index contributed by atoms with van der Waals surface area (Å²) in [4.78, 5) is 14.5. The molecule has 2 heterocycles. The van der Waals surface area contributed by atoms with Crippen LogP contribution in [0.3, 0.4) is 0 Å². The summed E-state index contributed by atoms with van der Waals surface area (Å²) < 4.78 is 5.55. The van der Waals surface area contributed by atoms with Crippen LogP contribution >= 0.6 is 0 Å². The SMILES string of the molecule is CC1OCCC1N(C)C(=O)C1(C)CCCNC1. The highest BCUT2D eigenvalue weighted by molar-refractivity contribution is 5.83. The fourth-order valence-electron chi connectivity index (χ4n) is 3.04. The highest BCUT2D eigenvalue weighted by Crippen LogP contribution is 2.30. The monoisotopic (exact) mass is 240 g/mol. The molecular formula is C13H24N2O2. The molecule has 2 saturated heterocycles. The van der Waals surface area contributed by atoms with Crippen LogP contribution in [0.15, 0.2) is 0 Å². The summed E-state index contributed by atoms with van der Waals surface area (Å²) >= 11 is 0. The van der Waals surface area contributed by atoms with E-state index in [9.17, 15) is 4.79 Å². The Morgan fingerprint density at radius 2 is 2.29 bits per heavy atom. The molecule has 4 nitrogen and oxygen atoms in total. The fourth-order valence-corrected chi connectivity index (χ4v) is 3.04. The molecule has 2 aliphatic heterocycles.